The predicted molar refractivity (Wildman–Crippen MR) is 116 cm³/mol. The summed E-state index contributed by atoms with van der Waals surface area (Å²) < 4.78 is 27.5. The molecule has 0 saturated carbocycles. The topological polar surface area (TPSA) is 88.2 Å². The molecule has 9 heteroatoms. The minimum atomic E-state index is -3.76. The van der Waals surface area contributed by atoms with Crippen LogP contribution < -0.4 is 10.0 Å². The van der Waals surface area contributed by atoms with Crippen molar-refractivity contribution in [3.8, 4) is 0 Å². The Balaban J connectivity index is 1.61. The second-order valence-corrected chi connectivity index (χ2v) is 9.12. The van der Waals surface area contributed by atoms with Crippen molar-refractivity contribution in [1.29, 1.82) is 0 Å². The lowest BCUT2D eigenvalue weighted by Crippen LogP contribution is -2.20. The second-order valence-electron chi connectivity index (χ2n) is 6.09. The van der Waals surface area contributed by atoms with Crippen molar-refractivity contribution < 1.29 is 13.2 Å². The molecule has 0 radical (unpaired) electrons. The number of thiazole rings is 1. The number of anilines is 1. The molecule has 6 nitrogen and oxygen atoms in total. The Labute approximate surface area is 178 Å². The zero-order valence-corrected chi connectivity index (χ0v) is 17.8. The van der Waals surface area contributed by atoms with Gasteiger partial charge in [0.05, 0.1) is 22.2 Å². The first-order valence-electron chi connectivity index (χ1n) is 8.58. The van der Waals surface area contributed by atoms with Crippen LogP contribution in [-0.4, -0.2) is 19.3 Å². The third kappa shape index (κ3) is 5.90. The first kappa shape index (κ1) is 21.0. The van der Waals surface area contributed by atoms with Gasteiger partial charge >= 0.3 is 0 Å². The molecule has 0 spiro atoms. The molecule has 1 amide bonds. The number of benzene rings is 2. The van der Waals surface area contributed by atoms with E-state index >= 15 is 0 Å². The van der Waals surface area contributed by atoms with E-state index in [0.29, 0.717) is 22.8 Å². The van der Waals surface area contributed by atoms with Crippen LogP contribution in [0.15, 0.2) is 64.9 Å². The molecule has 0 fully saturated rings. The fourth-order valence-electron chi connectivity index (χ4n) is 2.38. The SMILES string of the molecule is Cc1csc(CNC(=O)/C=C/c2ccc(S(=O)(=O)Nc3ccccc3Cl)cc2)n1. The summed E-state index contributed by atoms with van der Waals surface area (Å²) in [5, 5.41) is 5.83. The summed E-state index contributed by atoms with van der Waals surface area (Å²) in [5.41, 5.74) is 1.93. The number of rotatable bonds is 7. The number of para-hydroxylation sites is 1. The highest BCUT2D eigenvalue weighted by molar-refractivity contribution is 7.92. The standard InChI is InChI=1S/C20H18ClN3O3S2/c1-14-13-28-20(23-14)12-22-19(25)11-8-15-6-9-16(10-7-15)29(26,27)24-18-5-3-2-4-17(18)21/h2-11,13,24H,12H2,1H3,(H,22,25)/b11-8+. The molecule has 1 heterocycles. The molecule has 0 aliphatic rings. The summed E-state index contributed by atoms with van der Waals surface area (Å²) in [6.45, 7) is 2.27. The van der Waals surface area contributed by atoms with Crippen molar-refractivity contribution in [2.45, 2.75) is 18.4 Å². The lowest BCUT2D eigenvalue weighted by atomic mass is 10.2. The van der Waals surface area contributed by atoms with Gasteiger partial charge in [-0.3, -0.25) is 9.52 Å². The highest BCUT2D eigenvalue weighted by Crippen LogP contribution is 2.24. The molecule has 3 rings (SSSR count). The van der Waals surface area contributed by atoms with Crippen LogP contribution in [0.1, 0.15) is 16.3 Å². The van der Waals surface area contributed by atoms with Gasteiger partial charge in [0.2, 0.25) is 5.91 Å². The number of sulfonamides is 1. The van der Waals surface area contributed by atoms with E-state index in [4.69, 9.17) is 11.6 Å². The zero-order chi connectivity index (χ0) is 20.9. The number of aromatic nitrogens is 1. The highest BCUT2D eigenvalue weighted by Gasteiger charge is 2.15. The van der Waals surface area contributed by atoms with Crippen LogP contribution in [0.25, 0.3) is 6.08 Å². The average Bonchev–Trinajstić information content (AvgIpc) is 3.12. The van der Waals surface area contributed by atoms with Gasteiger partial charge in [-0.25, -0.2) is 13.4 Å². The number of nitrogens with one attached hydrogen (secondary N) is 2. The van der Waals surface area contributed by atoms with Crippen molar-refractivity contribution in [1.82, 2.24) is 10.3 Å². The molecule has 29 heavy (non-hydrogen) atoms. The number of aryl methyl sites for hydroxylation is 1. The molecule has 3 aromatic rings. The smallest absolute Gasteiger partial charge is 0.261 e. The van der Waals surface area contributed by atoms with Gasteiger partial charge in [0, 0.05) is 17.2 Å². The highest BCUT2D eigenvalue weighted by atomic mass is 35.5. The lowest BCUT2D eigenvalue weighted by molar-refractivity contribution is -0.116. The van der Waals surface area contributed by atoms with E-state index in [0.717, 1.165) is 10.7 Å². The number of hydrogen-bond donors (Lipinski definition) is 2. The van der Waals surface area contributed by atoms with Gasteiger partial charge in [-0.15, -0.1) is 11.3 Å². The van der Waals surface area contributed by atoms with Crippen LogP contribution in [0, 0.1) is 6.92 Å². The first-order valence-corrected chi connectivity index (χ1v) is 11.3. The molecule has 0 bridgehead atoms. The summed E-state index contributed by atoms with van der Waals surface area (Å²) in [6, 6.07) is 12.8. The molecule has 0 aliphatic carbocycles. The maximum absolute atomic E-state index is 12.5. The molecule has 2 N–H and O–H groups in total. The normalized spacial score (nSPS) is 11.5. The second kappa shape index (κ2) is 9.21. The summed E-state index contributed by atoms with van der Waals surface area (Å²) in [4.78, 5) is 16.3. The predicted octanol–water partition coefficient (Wildman–Crippen LogP) is 4.24. The maximum Gasteiger partial charge on any atom is 0.261 e. The molecule has 0 saturated heterocycles. The minimum absolute atomic E-state index is 0.0955. The molecular weight excluding hydrogens is 430 g/mol. The summed E-state index contributed by atoms with van der Waals surface area (Å²) in [5.74, 6) is -0.255. The fourth-order valence-corrected chi connectivity index (χ4v) is 4.41. The van der Waals surface area contributed by atoms with Gasteiger partial charge < -0.3 is 5.32 Å². The summed E-state index contributed by atoms with van der Waals surface area (Å²) in [7, 11) is -3.76. The number of carbonyl (C=O) groups excluding carboxylic acids is 1. The number of amides is 1. The quantitative estimate of drug-likeness (QED) is 0.530. The van der Waals surface area contributed by atoms with Crippen molar-refractivity contribution >= 4 is 50.6 Å². The van der Waals surface area contributed by atoms with Gasteiger partial charge in [-0.05, 0) is 42.8 Å². The Kier molecular flexibility index (Phi) is 6.68. The minimum Gasteiger partial charge on any atom is -0.346 e. The van der Waals surface area contributed by atoms with Crippen molar-refractivity contribution in [3.63, 3.8) is 0 Å². The molecule has 150 valence electrons. The number of hydrogen-bond acceptors (Lipinski definition) is 5. The van der Waals surface area contributed by atoms with E-state index in [9.17, 15) is 13.2 Å². The van der Waals surface area contributed by atoms with Gasteiger partial charge in [0.1, 0.15) is 5.01 Å². The van der Waals surface area contributed by atoms with Gasteiger partial charge in [0.15, 0.2) is 0 Å². The summed E-state index contributed by atoms with van der Waals surface area (Å²) >= 11 is 7.49. The fraction of sp³-hybridized carbons (Fsp3) is 0.100. The van der Waals surface area contributed by atoms with E-state index in [-0.39, 0.29) is 10.8 Å². The van der Waals surface area contributed by atoms with Crippen LogP contribution in [0.2, 0.25) is 5.02 Å². The third-order valence-corrected chi connectivity index (χ3v) is 6.49. The molecule has 0 aliphatic heterocycles. The molecule has 0 atom stereocenters. The van der Waals surface area contributed by atoms with Crippen molar-refractivity contribution in [2.75, 3.05) is 4.72 Å². The Hall–Kier alpha value is -2.68. The van der Waals surface area contributed by atoms with Crippen LogP contribution in [0.4, 0.5) is 5.69 Å². The van der Waals surface area contributed by atoms with Crippen LogP contribution in [0.3, 0.4) is 0 Å². The van der Waals surface area contributed by atoms with Gasteiger partial charge in [-0.1, -0.05) is 35.9 Å². The van der Waals surface area contributed by atoms with Crippen LogP contribution >= 0.6 is 22.9 Å². The Morgan fingerprint density at radius 1 is 1.17 bits per heavy atom. The molecule has 1 aromatic heterocycles. The third-order valence-electron chi connectivity index (χ3n) is 3.82. The largest absolute Gasteiger partial charge is 0.346 e. The number of halogens is 1. The van der Waals surface area contributed by atoms with Gasteiger partial charge in [0.25, 0.3) is 10.0 Å². The summed E-state index contributed by atoms with van der Waals surface area (Å²) in [6.07, 6.45) is 3.01. The average molecular weight is 448 g/mol. The van der Waals surface area contributed by atoms with Crippen LogP contribution in [0.5, 0.6) is 0 Å². The van der Waals surface area contributed by atoms with E-state index in [1.54, 1.807) is 42.5 Å². The monoisotopic (exact) mass is 447 g/mol. The van der Waals surface area contributed by atoms with E-state index in [1.165, 1.54) is 29.5 Å². The van der Waals surface area contributed by atoms with Crippen LogP contribution in [-0.2, 0) is 21.4 Å². The van der Waals surface area contributed by atoms with Crippen molar-refractivity contribution in [2.24, 2.45) is 0 Å². The Morgan fingerprint density at radius 3 is 2.55 bits per heavy atom. The molecule has 0 unspecified atom stereocenters. The van der Waals surface area contributed by atoms with Crippen molar-refractivity contribution in [3.05, 3.63) is 81.3 Å². The number of carbonyl (C=O) groups is 1. The van der Waals surface area contributed by atoms with E-state index in [1.807, 2.05) is 12.3 Å². The van der Waals surface area contributed by atoms with E-state index in [2.05, 4.69) is 15.0 Å². The van der Waals surface area contributed by atoms with Gasteiger partial charge in [-0.2, -0.15) is 0 Å². The number of nitrogens with zero attached hydrogens (tertiary/aromatic N) is 1. The first-order chi connectivity index (χ1) is 13.8. The molecular formula is C20H18ClN3O3S2. The maximum atomic E-state index is 12.5. The lowest BCUT2D eigenvalue weighted by Gasteiger charge is -2.09. The Morgan fingerprint density at radius 2 is 1.90 bits per heavy atom. The van der Waals surface area contributed by atoms with E-state index < -0.39 is 10.0 Å². The zero-order valence-electron chi connectivity index (χ0n) is 15.4. The Bertz CT molecular complexity index is 1140. The molecule has 2 aromatic carbocycles.